The van der Waals surface area contributed by atoms with Crippen LogP contribution in [0, 0.1) is 0 Å². The molecule has 1 atom stereocenters. The van der Waals surface area contributed by atoms with Gasteiger partial charge in [0.2, 0.25) is 5.24 Å². The van der Waals surface area contributed by atoms with E-state index < -0.39 is 11.3 Å². The average Bonchev–Trinajstić information content (AvgIpc) is 2.35. The fraction of sp³-hybridized carbons (Fsp3) is 0.333. The fourth-order valence-corrected chi connectivity index (χ4v) is 1.03. The van der Waals surface area contributed by atoms with Crippen LogP contribution in [-0.2, 0) is 11.2 Å². The topological polar surface area (TPSA) is 71.8 Å². The van der Waals surface area contributed by atoms with Crippen LogP contribution in [0.25, 0.3) is 0 Å². The largest absolute Gasteiger partial charge is 0.340 e. The molecule has 6 heteroatoms. The summed E-state index contributed by atoms with van der Waals surface area (Å²) in [4.78, 5) is 17.2. The van der Waals surface area contributed by atoms with Gasteiger partial charge in [-0.1, -0.05) is 0 Å². The Hall–Kier alpha value is -0.520. The van der Waals surface area contributed by atoms with Gasteiger partial charge >= 0.3 is 0 Å². The molecule has 1 rings (SSSR count). The Bertz CT molecular complexity index is 288. The van der Waals surface area contributed by atoms with Gasteiger partial charge in [-0.15, -0.1) is 12.6 Å². The van der Waals surface area contributed by atoms with Gasteiger partial charge in [0.05, 0.1) is 11.7 Å². The van der Waals surface area contributed by atoms with Crippen LogP contribution < -0.4 is 5.73 Å². The Kier molecular flexibility index (Phi) is 3.13. The van der Waals surface area contributed by atoms with Gasteiger partial charge in [-0.25, -0.2) is 4.98 Å². The summed E-state index contributed by atoms with van der Waals surface area (Å²) in [5, 5.41) is -0.0575. The Balaban J connectivity index is 2.58. The summed E-state index contributed by atoms with van der Waals surface area (Å²) in [6.07, 6.45) is 1.97. The quantitative estimate of drug-likeness (QED) is 0.492. The van der Waals surface area contributed by atoms with Crippen LogP contribution in [0.4, 0.5) is 0 Å². The summed E-state index contributed by atoms with van der Waals surface area (Å²) in [5.74, 6) is 0. The van der Waals surface area contributed by atoms with Crippen molar-refractivity contribution in [1.29, 1.82) is 0 Å². The van der Waals surface area contributed by atoms with Gasteiger partial charge < -0.3 is 10.7 Å². The predicted molar refractivity (Wildman–Crippen MR) is 48.4 cm³/mol. The van der Waals surface area contributed by atoms with Crippen molar-refractivity contribution in [2.24, 2.45) is 5.73 Å². The molecule has 0 aliphatic carbocycles. The number of nitrogens with two attached hydrogens (primary N) is 1. The van der Waals surface area contributed by atoms with Gasteiger partial charge in [-0.3, -0.25) is 4.79 Å². The van der Waals surface area contributed by atoms with Crippen molar-refractivity contribution in [3.05, 3.63) is 11.9 Å². The standard InChI is InChI=1S/C6H8ClN3OS/c7-5(11)4(8)1-3-2-9-6(12)10-3/h2,4H,1,8H2,(H2,9,10,12). The maximum atomic E-state index is 10.5. The first-order valence-electron chi connectivity index (χ1n) is 3.28. The number of thiol groups is 1. The molecule has 0 spiro atoms. The molecular weight excluding hydrogens is 198 g/mol. The number of H-pyrrole nitrogens is 1. The lowest BCUT2D eigenvalue weighted by Gasteiger charge is -2.01. The molecule has 0 radical (unpaired) electrons. The number of aromatic amines is 1. The zero-order valence-corrected chi connectivity index (χ0v) is 7.77. The second-order valence-corrected chi connectivity index (χ2v) is 3.13. The molecule has 12 heavy (non-hydrogen) atoms. The van der Waals surface area contributed by atoms with Crippen LogP contribution in [0.1, 0.15) is 5.69 Å². The van der Waals surface area contributed by atoms with Gasteiger partial charge in [0.1, 0.15) is 0 Å². The minimum atomic E-state index is -0.692. The smallest absolute Gasteiger partial charge is 0.238 e. The number of aromatic nitrogens is 2. The van der Waals surface area contributed by atoms with Gasteiger partial charge in [0.25, 0.3) is 0 Å². The second kappa shape index (κ2) is 3.93. The maximum absolute atomic E-state index is 10.5. The molecule has 0 aromatic carbocycles. The number of hydrogen-bond acceptors (Lipinski definition) is 4. The van der Waals surface area contributed by atoms with E-state index in [9.17, 15) is 4.79 Å². The van der Waals surface area contributed by atoms with E-state index in [1.54, 1.807) is 6.20 Å². The third kappa shape index (κ3) is 2.51. The highest BCUT2D eigenvalue weighted by atomic mass is 35.5. The minimum absolute atomic E-state index is 0.333. The Labute approximate surface area is 79.9 Å². The van der Waals surface area contributed by atoms with Crippen LogP contribution in [0.3, 0.4) is 0 Å². The lowest BCUT2D eigenvalue weighted by molar-refractivity contribution is -0.112. The summed E-state index contributed by atoms with van der Waals surface area (Å²) < 4.78 is 0. The molecule has 0 fully saturated rings. The van der Waals surface area contributed by atoms with Crippen LogP contribution in [0.2, 0.25) is 0 Å². The number of halogens is 1. The Morgan fingerprint density at radius 2 is 2.58 bits per heavy atom. The zero-order valence-electron chi connectivity index (χ0n) is 6.12. The van der Waals surface area contributed by atoms with Gasteiger partial charge in [0, 0.05) is 12.6 Å². The van der Waals surface area contributed by atoms with Crippen molar-refractivity contribution in [1.82, 2.24) is 9.97 Å². The Morgan fingerprint density at radius 1 is 1.92 bits per heavy atom. The van der Waals surface area contributed by atoms with E-state index in [1.165, 1.54) is 0 Å². The third-order valence-corrected chi connectivity index (χ3v) is 1.85. The van der Waals surface area contributed by atoms with E-state index in [2.05, 4.69) is 22.6 Å². The summed E-state index contributed by atoms with van der Waals surface area (Å²) in [5.41, 5.74) is 6.08. The monoisotopic (exact) mass is 205 g/mol. The van der Waals surface area contributed by atoms with Crippen LogP contribution in [0.5, 0.6) is 0 Å². The van der Waals surface area contributed by atoms with E-state index in [0.717, 1.165) is 0 Å². The highest BCUT2D eigenvalue weighted by Crippen LogP contribution is 2.04. The number of imidazole rings is 1. The lowest BCUT2D eigenvalue weighted by Crippen LogP contribution is -2.29. The summed E-state index contributed by atoms with van der Waals surface area (Å²) in [7, 11) is 0. The van der Waals surface area contributed by atoms with Crippen molar-refractivity contribution in [2.45, 2.75) is 17.6 Å². The summed E-state index contributed by atoms with van der Waals surface area (Å²) >= 11 is 9.12. The minimum Gasteiger partial charge on any atom is -0.340 e. The first-order chi connectivity index (χ1) is 5.59. The van der Waals surface area contributed by atoms with Crippen LogP contribution >= 0.6 is 24.2 Å². The molecule has 0 saturated carbocycles. The molecule has 1 heterocycles. The van der Waals surface area contributed by atoms with Crippen molar-refractivity contribution in [3.8, 4) is 0 Å². The summed E-state index contributed by atoms with van der Waals surface area (Å²) in [6, 6.07) is -0.692. The highest BCUT2D eigenvalue weighted by Gasteiger charge is 2.12. The molecule has 66 valence electrons. The van der Waals surface area contributed by atoms with Gasteiger partial charge in [-0.05, 0) is 11.6 Å². The van der Waals surface area contributed by atoms with Gasteiger partial charge in [-0.2, -0.15) is 0 Å². The first kappa shape index (κ1) is 9.57. The number of carbonyl (C=O) groups excluding carboxylic acids is 1. The number of nitrogens with zero attached hydrogens (tertiary/aromatic N) is 1. The second-order valence-electron chi connectivity index (χ2n) is 2.33. The SMILES string of the molecule is NC(Cc1c[nH]c(S)n1)C(=O)Cl. The van der Waals surface area contributed by atoms with E-state index in [4.69, 9.17) is 17.3 Å². The number of carbonyl (C=O) groups is 1. The van der Waals surface area contributed by atoms with Crippen molar-refractivity contribution in [3.63, 3.8) is 0 Å². The number of rotatable bonds is 3. The fourth-order valence-electron chi connectivity index (χ4n) is 0.759. The molecule has 0 aliphatic heterocycles. The Morgan fingerprint density at radius 3 is 3.00 bits per heavy atom. The molecule has 0 bridgehead atoms. The molecule has 1 aromatic rings. The molecule has 0 saturated heterocycles. The van der Waals surface area contributed by atoms with Crippen molar-refractivity contribution in [2.75, 3.05) is 0 Å². The highest BCUT2D eigenvalue weighted by molar-refractivity contribution is 7.80. The molecule has 4 nitrogen and oxygen atoms in total. The van der Waals surface area contributed by atoms with E-state index in [0.29, 0.717) is 17.3 Å². The first-order valence-corrected chi connectivity index (χ1v) is 4.10. The molecule has 3 N–H and O–H groups in total. The maximum Gasteiger partial charge on any atom is 0.238 e. The van der Waals surface area contributed by atoms with E-state index in [-0.39, 0.29) is 0 Å². The lowest BCUT2D eigenvalue weighted by atomic mass is 10.2. The van der Waals surface area contributed by atoms with E-state index in [1.807, 2.05) is 0 Å². The predicted octanol–water partition coefficient (Wildman–Crippen LogP) is 0.334. The average molecular weight is 206 g/mol. The molecule has 0 amide bonds. The molecule has 1 unspecified atom stereocenters. The number of nitrogens with one attached hydrogen (secondary N) is 1. The normalized spacial score (nSPS) is 12.9. The van der Waals surface area contributed by atoms with Crippen molar-refractivity contribution >= 4 is 29.5 Å². The third-order valence-electron chi connectivity index (χ3n) is 1.34. The van der Waals surface area contributed by atoms with Crippen LogP contribution in [-0.4, -0.2) is 21.3 Å². The van der Waals surface area contributed by atoms with Crippen molar-refractivity contribution < 1.29 is 4.79 Å². The van der Waals surface area contributed by atoms with Gasteiger partial charge in [0.15, 0.2) is 5.16 Å². The van der Waals surface area contributed by atoms with E-state index >= 15 is 0 Å². The molecular formula is C6H8ClN3OS. The number of hydrogen-bond donors (Lipinski definition) is 3. The molecule has 0 aliphatic rings. The van der Waals surface area contributed by atoms with Crippen LogP contribution in [0.15, 0.2) is 11.4 Å². The zero-order chi connectivity index (χ0) is 9.14. The summed E-state index contributed by atoms with van der Waals surface area (Å²) in [6.45, 7) is 0. The molecule has 1 aromatic heterocycles.